The van der Waals surface area contributed by atoms with Gasteiger partial charge in [0, 0.05) is 0 Å². The summed E-state index contributed by atoms with van der Waals surface area (Å²) < 4.78 is 22.1. The van der Waals surface area contributed by atoms with Crippen molar-refractivity contribution in [2.75, 3.05) is 14.2 Å². The zero-order chi connectivity index (χ0) is 24.1. The summed E-state index contributed by atoms with van der Waals surface area (Å²) >= 11 is 0. The van der Waals surface area contributed by atoms with Gasteiger partial charge in [0.25, 0.3) is 0 Å². The zero-order valence-corrected chi connectivity index (χ0v) is 19.8. The molecule has 1 saturated carbocycles. The van der Waals surface area contributed by atoms with Crippen molar-refractivity contribution in [1.29, 1.82) is 0 Å². The molecule has 6 heteroatoms. The van der Waals surface area contributed by atoms with E-state index < -0.39 is 5.97 Å². The van der Waals surface area contributed by atoms with Gasteiger partial charge >= 0.3 is 11.9 Å². The van der Waals surface area contributed by atoms with Crippen LogP contribution in [-0.4, -0.2) is 32.3 Å². The lowest BCUT2D eigenvalue weighted by atomic mass is 9.87. The Morgan fingerprint density at radius 3 is 2.38 bits per heavy atom. The summed E-state index contributed by atoms with van der Waals surface area (Å²) in [5.41, 5.74) is 2.22. The van der Waals surface area contributed by atoms with Crippen LogP contribution in [0.4, 0.5) is 0 Å². The normalized spacial score (nSPS) is 17.7. The smallest absolute Gasteiger partial charge is 0.341 e. The first kappa shape index (κ1) is 23.6. The van der Waals surface area contributed by atoms with Gasteiger partial charge in [0.1, 0.15) is 23.7 Å². The molecule has 0 atom stereocenters. The summed E-state index contributed by atoms with van der Waals surface area (Å²) in [6, 6.07) is 17.6. The molecule has 3 aromatic carbocycles. The van der Waals surface area contributed by atoms with E-state index in [-0.39, 0.29) is 24.6 Å². The lowest BCUT2D eigenvalue weighted by molar-refractivity contribution is -0.151. The maximum Gasteiger partial charge on any atom is 0.341 e. The lowest BCUT2D eigenvalue weighted by Crippen LogP contribution is -2.29. The number of esters is 2. The molecule has 0 unspecified atom stereocenters. The number of hydrogen-bond donors (Lipinski definition) is 0. The van der Waals surface area contributed by atoms with Gasteiger partial charge in [0.05, 0.1) is 26.2 Å². The Kier molecular flexibility index (Phi) is 7.36. The molecule has 0 heterocycles. The highest BCUT2D eigenvalue weighted by molar-refractivity contribution is 5.93. The van der Waals surface area contributed by atoms with Crippen LogP contribution in [0.5, 0.6) is 11.5 Å². The van der Waals surface area contributed by atoms with Crippen molar-refractivity contribution in [2.24, 2.45) is 5.92 Å². The second kappa shape index (κ2) is 10.6. The van der Waals surface area contributed by atoms with E-state index in [4.69, 9.17) is 18.9 Å². The Balaban J connectivity index is 1.33. The van der Waals surface area contributed by atoms with E-state index in [2.05, 4.69) is 12.1 Å². The Morgan fingerprint density at radius 1 is 0.912 bits per heavy atom. The SMILES string of the molecule is COC(=O)c1cc(OC2CCC(C(=O)OCc3cccc4ccccc34)CC2)c(C)cc1OC. The molecule has 0 saturated heterocycles. The number of aryl methyl sites for hydroxylation is 1. The molecule has 0 N–H and O–H groups in total. The zero-order valence-electron chi connectivity index (χ0n) is 19.8. The molecule has 1 aliphatic rings. The van der Waals surface area contributed by atoms with E-state index in [9.17, 15) is 9.59 Å². The maximum atomic E-state index is 12.7. The van der Waals surface area contributed by atoms with Crippen molar-refractivity contribution in [1.82, 2.24) is 0 Å². The summed E-state index contributed by atoms with van der Waals surface area (Å²) in [7, 11) is 2.85. The predicted molar refractivity (Wildman–Crippen MR) is 129 cm³/mol. The minimum atomic E-state index is -0.473. The summed E-state index contributed by atoms with van der Waals surface area (Å²) in [6.45, 7) is 2.19. The van der Waals surface area contributed by atoms with Crippen molar-refractivity contribution in [3.05, 3.63) is 71.3 Å². The van der Waals surface area contributed by atoms with Gasteiger partial charge in [0.15, 0.2) is 0 Å². The first-order chi connectivity index (χ1) is 16.5. The summed E-state index contributed by atoms with van der Waals surface area (Å²) in [6.07, 6.45) is 2.87. The Morgan fingerprint density at radius 2 is 1.65 bits per heavy atom. The molecule has 1 fully saturated rings. The van der Waals surface area contributed by atoms with E-state index in [0.29, 0.717) is 29.9 Å². The van der Waals surface area contributed by atoms with Crippen molar-refractivity contribution in [2.45, 2.75) is 45.3 Å². The maximum absolute atomic E-state index is 12.7. The predicted octanol–water partition coefficient (Wildman–Crippen LogP) is 5.62. The van der Waals surface area contributed by atoms with E-state index in [0.717, 1.165) is 34.7 Å². The summed E-state index contributed by atoms with van der Waals surface area (Å²) in [4.78, 5) is 24.8. The first-order valence-corrected chi connectivity index (χ1v) is 11.6. The third-order valence-corrected chi connectivity index (χ3v) is 6.45. The quantitative estimate of drug-likeness (QED) is 0.424. The Bertz CT molecular complexity index is 1170. The van der Waals surface area contributed by atoms with Crippen LogP contribution < -0.4 is 9.47 Å². The number of ether oxygens (including phenoxy) is 4. The highest BCUT2D eigenvalue weighted by Crippen LogP contribution is 2.33. The molecular weight excluding hydrogens is 432 g/mol. The molecule has 178 valence electrons. The van der Waals surface area contributed by atoms with Gasteiger partial charge in [-0.3, -0.25) is 4.79 Å². The second-order valence-electron chi connectivity index (χ2n) is 8.65. The van der Waals surface area contributed by atoms with E-state index in [1.807, 2.05) is 37.3 Å². The molecule has 1 aliphatic carbocycles. The summed E-state index contributed by atoms with van der Waals surface area (Å²) in [5.74, 6) is 0.328. The lowest BCUT2D eigenvalue weighted by Gasteiger charge is -2.28. The molecule has 0 spiro atoms. The highest BCUT2D eigenvalue weighted by atomic mass is 16.5. The fourth-order valence-corrected chi connectivity index (χ4v) is 4.51. The van der Waals surface area contributed by atoms with E-state index in [1.54, 1.807) is 12.1 Å². The Labute approximate surface area is 199 Å². The average molecular weight is 463 g/mol. The monoisotopic (exact) mass is 462 g/mol. The average Bonchev–Trinajstić information content (AvgIpc) is 2.88. The van der Waals surface area contributed by atoms with Gasteiger partial charge in [-0.15, -0.1) is 0 Å². The number of hydrogen-bond acceptors (Lipinski definition) is 6. The molecule has 3 aromatic rings. The molecule has 0 aromatic heterocycles. The first-order valence-electron chi connectivity index (χ1n) is 11.6. The van der Waals surface area contributed by atoms with Crippen LogP contribution in [-0.2, 0) is 20.9 Å². The van der Waals surface area contributed by atoms with Crippen LogP contribution in [0.1, 0.15) is 47.2 Å². The molecule has 4 rings (SSSR count). The number of rotatable bonds is 7. The van der Waals surface area contributed by atoms with E-state index >= 15 is 0 Å². The molecular formula is C28H30O6. The van der Waals surface area contributed by atoms with Crippen molar-refractivity contribution >= 4 is 22.7 Å². The molecule has 0 aliphatic heterocycles. The minimum absolute atomic E-state index is 0.0280. The fraction of sp³-hybridized carbons (Fsp3) is 0.357. The molecule has 34 heavy (non-hydrogen) atoms. The van der Waals surface area contributed by atoms with Crippen LogP contribution >= 0.6 is 0 Å². The van der Waals surface area contributed by atoms with Crippen LogP contribution in [0.3, 0.4) is 0 Å². The second-order valence-corrected chi connectivity index (χ2v) is 8.65. The van der Waals surface area contributed by atoms with Crippen LogP contribution in [0, 0.1) is 12.8 Å². The van der Waals surface area contributed by atoms with Crippen LogP contribution in [0.25, 0.3) is 10.8 Å². The molecule has 0 amide bonds. The largest absolute Gasteiger partial charge is 0.496 e. The molecule has 0 bridgehead atoms. The molecule has 6 nitrogen and oxygen atoms in total. The number of carbonyl (C=O) groups excluding carboxylic acids is 2. The minimum Gasteiger partial charge on any atom is -0.496 e. The number of fused-ring (bicyclic) bond motifs is 1. The van der Waals surface area contributed by atoms with Gasteiger partial charge in [0.2, 0.25) is 0 Å². The van der Waals surface area contributed by atoms with Crippen molar-refractivity contribution in [3.63, 3.8) is 0 Å². The third-order valence-electron chi connectivity index (χ3n) is 6.45. The van der Waals surface area contributed by atoms with Gasteiger partial charge < -0.3 is 18.9 Å². The van der Waals surface area contributed by atoms with Crippen LogP contribution in [0.2, 0.25) is 0 Å². The van der Waals surface area contributed by atoms with Crippen LogP contribution in [0.15, 0.2) is 54.6 Å². The number of carbonyl (C=O) groups is 2. The number of benzene rings is 3. The summed E-state index contributed by atoms with van der Waals surface area (Å²) in [5, 5.41) is 2.24. The van der Waals surface area contributed by atoms with Gasteiger partial charge in [-0.05, 0) is 66.6 Å². The third kappa shape index (κ3) is 5.16. The van der Waals surface area contributed by atoms with Gasteiger partial charge in [-0.1, -0.05) is 42.5 Å². The number of methoxy groups -OCH3 is 2. The standard InChI is InChI=1S/C28H30O6/c1-18-15-26(31-2)24(28(30)32-3)16-25(18)34-22-13-11-20(12-14-22)27(29)33-17-21-9-6-8-19-7-4-5-10-23(19)21/h4-10,15-16,20,22H,11-14,17H2,1-3H3. The van der Waals surface area contributed by atoms with E-state index in [1.165, 1.54) is 14.2 Å². The Hall–Kier alpha value is -3.54. The van der Waals surface area contributed by atoms with Gasteiger partial charge in [-0.2, -0.15) is 0 Å². The molecule has 0 radical (unpaired) electrons. The van der Waals surface area contributed by atoms with Crippen molar-refractivity contribution < 1.29 is 28.5 Å². The highest BCUT2D eigenvalue weighted by Gasteiger charge is 2.29. The van der Waals surface area contributed by atoms with Gasteiger partial charge in [-0.25, -0.2) is 4.79 Å². The van der Waals surface area contributed by atoms with Crippen molar-refractivity contribution in [3.8, 4) is 11.5 Å². The fourth-order valence-electron chi connectivity index (χ4n) is 4.51. The topological polar surface area (TPSA) is 71.1 Å².